The molecule has 3 heteroatoms. The summed E-state index contributed by atoms with van der Waals surface area (Å²) in [7, 11) is 1.57. The summed E-state index contributed by atoms with van der Waals surface area (Å²) in [5, 5.41) is 0.595. The molecule has 0 aliphatic heterocycles. The van der Waals surface area contributed by atoms with Crippen molar-refractivity contribution in [3.05, 3.63) is 34.4 Å². The molecule has 0 atom stereocenters. The van der Waals surface area contributed by atoms with E-state index in [1.54, 1.807) is 13.2 Å². The standard InChI is InChI=1S/C12H13ClO2/c1-3-9-7-11(13)12(15-2)8-10(9)5-4-6-14/h4-8H,3H2,1-2H3. The highest BCUT2D eigenvalue weighted by atomic mass is 35.5. The molecule has 0 radical (unpaired) electrons. The molecule has 15 heavy (non-hydrogen) atoms. The van der Waals surface area contributed by atoms with Gasteiger partial charge in [-0.25, -0.2) is 0 Å². The summed E-state index contributed by atoms with van der Waals surface area (Å²) in [5.41, 5.74) is 2.06. The highest BCUT2D eigenvalue weighted by Gasteiger charge is 2.05. The number of carbonyl (C=O) groups is 1. The van der Waals surface area contributed by atoms with Crippen molar-refractivity contribution in [2.45, 2.75) is 13.3 Å². The normalized spacial score (nSPS) is 10.6. The lowest BCUT2D eigenvalue weighted by molar-refractivity contribution is -0.104. The van der Waals surface area contributed by atoms with Crippen molar-refractivity contribution >= 4 is 24.0 Å². The SMILES string of the molecule is CCc1cc(Cl)c(OC)cc1C=CC=O. The Morgan fingerprint density at radius 1 is 1.47 bits per heavy atom. The van der Waals surface area contributed by atoms with E-state index in [4.69, 9.17) is 16.3 Å². The minimum Gasteiger partial charge on any atom is -0.495 e. The molecule has 2 nitrogen and oxygen atoms in total. The molecular weight excluding hydrogens is 212 g/mol. The molecule has 0 N–H and O–H groups in total. The van der Waals surface area contributed by atoms with Crippen molar-refractivity contribution in [2.75, 3.05) is 7.11 Å². The van der Waals surface area contributed by atoms with Gasteiger partial charge in [-0.05, 0) is 35.8 Å². The predicted molar refractivity (Wildman–Crippen MR) is 62.5 cm³/mol. The molecule has 0 aliphatic rings. The Labute approximate surface area is 94.5 Å². The number of rotatable bonds is 4. The van der Waals surface area contributed by atoms with Crippen LogP contribution >= 0.6 is 11.6 Å². The molecule has 1 rings (SSSR count). The lowest BCUT2D eigenvalue weighted by atomic mass is 10.0. The van der Waals surface area contributed by atoms with Gasteiger partial charge in [-0.2, -0.15) is 0 Å². The van der Waals surface area contributed by atoms with Gasteiger partial charge in [0.05, 0.1) is 12.1 Å². The highest BCUT2D eigenvalue weighted by molar-refractivity contribution is 6.32. The fourth-order valence-electron chi connectivity index (χ4n) is 1.37. The Morgan fingerprint density at radius 2 is 2.20 bits per heavy atom. The second-order valence-electron chi connectivity index (χ2n) is 3.03. The predicted octanol–water partition coefficient (Wildman–Crippen LogP) is 3.12. The topological polar surface area (TPSA) is 26.3 Å². The third-order valence-corrected chi connectivity index (χ3v) is 2.44. The number of hydrogen-bond donors (Lipinski definition) is 0. The summed E-state index contributed by atoms with van der Waals surface area (Å²) in [5.74, 6) is 0.624. The molecule has 0 saturated carbocycles. The fourth-order valence-corrected chi connectivity index (χ4v) is 1.63. The van der Waals surface area contributed by atoms with E-state index in [9.17, 15) is 4.79 Å². The summed E-state index contributed by atoms with van der Waals surface area (Å²) < 4.78 is 5.11. The van der Waals surface area contributed by atoms with Gasteiger partial charge in [0.25, 0.3) is 0 Å². The quantitative estimate of drug-likeness (QED) is 0.580. The number of aldehydes is 1. The van der Waals surface area contributed by atoms with Gasteiger partial charge in [-0.15, -0.1) is 0 Å². The van der Waals surface area contributed by atoms with Crippen LogP contribution in [0.3, 0.4) is 0 Å². The van der Waals surface area contributed by atoms with Crippen molar-refractivity contribution in [3.8, 4) is 5.75 Å². The van der Waals surface area contributed by atoms with Crippen LogP contribution in [0, 0.1) is 0 Å². The number of halogens is 1. The molecule has 0 amide bonds. The zero-order chi connectivity index (χ0) is 11.3. The molecule has 0 spiro atoms. The second kappa shape index (κ2) is 5.56. The van der Waals surface area contributed by atoms with Gasteiger partial charge in [-0.3, -0.25) is 4.79 Å². The monoisotopic (exact) mass is 224 g/mol. The number of hydrogen-bond acceptors (Lipinski definition) is 2. The van der Waals surface area contributed by atoms with Crippen molar-refractivity contribution in [2.24, 2.45) is 0 Å². The molecule has 0 heterocycles. The Kier molecular flexibility index (Phi) is 4.37. The van der Waals surface area contributed by atoms with Crippen LogP contribution in [0.4, 0.5) is 0 Å². The van der Waals surface area contributed by atoms with Crippen molar-refractivity contribution in [3.63, 3.8) is 0 Å². The van der Waals surface area contributed by atoms with E-state index in [1.165, 1.54) is 6.08 Å². The Bertz CT molecular complexity index is 383. The first kappa shape index (κ1) is 11.8. The van der Waals surface area contributed by atoms with E-state index in [-0.39, 0.29) is 0 Å². The van der Waals surface area contributed by atoms with E-state index in [0.29, 0.717) is 10.8 Å². The van der Waals surface area contributed by atoms with E-state index in [0.717, 1.165) is 23.8 Å². The maximum absolute atomic E-state index is 10.3. The summed E-state index contributed by atoms with van der Waals surface area (Å²) >= 11 is 6.00. The minimum atomic E-state index is 0.595. The van der Waals surface area contributed by atoms with E-state index < -0.39 is 0 Å². The maximum atomic E-state index is 10.3. The Balaban J connectivity index is 3.21. The molecule has 1 aromatic rings. The van der Waals surface area contributed by atoms with E-state index in [2.05, 4.69) is 0 Å². The van der Waals surface area contributed by atoms with Crippen molar-refractivity contribution in [1.29, 1.82) is 0 Å². The summed E-state index contributed by atoms with van der Waals surface area (Å²) in [4.78, 5) is 10.3. The van der Waals surface area contributed by atoms with E-state index >= 15 is 0 Å². The number of allylic oxidation sites excluding steroid dienone is 1. The molecule has 0 saturated heterocycles. The third kappa shape index (κ3) is 2.83. The van der Waals surface area contributed by atoms with Crippen LogP contribution in [0.25, 0.3) is 6.08 Å². The molecule has 1 aromatic carbocycles. The van der Waals surface area contributed by atoms with Gasteiger partial charge in [0.15, 0.2) is 0 Å². The highest BCUT2D eigenvalue weighted by Crippen LogP contribution is 2.29. The van der Waals surface area contributed by atoms with Gasteiger partial charge in [0.2, 0.25) is 0 Å². The first-order valence-corrected chi connectivity index (χ1v) is 5.09. The van der Waals surface area contributed by atoms with Crippen LogP contribution in [-0.2, 0) is 11.2 Å². The first-order valence-electron chi connectivity index (χ1n) is 4.71. The molecule has 80 valence electrons. The molecule has 0 fully saturated rings. The largest absolute Gasteiger partial charge is 0.495 e. The number of methoxy groups -OCH3 is 1. The Hall–Kier alpha value is -1.28. The average Bonchev–Trinajstić information content (AvgIpc) is 2.26. The molecule has 0 aromatic heterocycles. The third-order valence-electron chi connectivity index (χ3n) is 2.15. The summed E-state index contributed by atoms with van der Waals surface area (Å²) in [6.45, 7) is 2.04. The van der Waals surface area contributed by atoms with Crippen LogP contribution in [0.1, 0.15) is 18.1 Å². The Morgan fingerprint density at radius 3 is 2.73 bits per heavy atom. The molecule has 0 aliphatic carbocycles. The zero-order valence-corrected chi connectivity index (χ0v) is 9.54. The van der Waals surface area contributed by atoms with Gasteiger partial charge in [-0.1, -0.05) is 24.6 Å². The molecular formula is C12H13ClO2. The number of ether oxygens (including phenoxy) is 1. The van der Waals surface area contributed by atoms with Gasteiger partial charge >= 0.3 is 0 Å². The summed E-state index contributed by atoms with van der Waals surface area (Å²) in [6, 6.07) is 3.70. The van der Waals surface area contributed by atoms with Gasteiger partial charge in [0, 0.05) is 0 Å². The first-order chi connectivity index (χ1) is 7.22. The lowest BCUT2D eigenvalue weighted by Gasteiger charge is -2.08. The smallest absolute Gasteiger partial charge is 0.142 e. The molecule has 0 unspecified atom stereocenters. The number of aryl methyl sites for hydroxylation is 1. The lowest BCUT2D eigenvalue weighted by Crippen LogP contribution is -1.91. The van der Waals surface area contributed by atoms with Crippen LogP contribution in [0.2, 0.25) is 5.02 Å². The van der Waals surface area contributed by atoms with Crippen LogP contribution in [0.15, 0.2) is 18.2 Å². The second-order valence-corrected chi connectivity index (χ2v) is 3.44. The fraction of sp³-hybridized carbons (Fsp3) is 0.250. The van der Waals surface area contributed by atoms with Gasteiger partial charge < -0.3 is 4.74 Å². The summed E-state index contributed by atoms with van der Waals surface area (Å²) in [6.07, 6.45) is 4.83. The number of carbonyl (C=O) groups excluding carboxylic acids is 1. The van der Waals surface area contributed by atoms with Crippen molar-refractivity contribution < 1.29 is 9.53 Å². The van der Waals surface area contributed by atoms with Crippen LogP contribution in [0.5, 0.6) is 5.75 Å². The van der Waals surface area contributed by atoms with Crippen LogP contribution in [-0.4, -0.2) is 13.4 Å². The zero-order valence-electron chi connectivity index (χ0n) is 8.79. The van der Waals surface area contributed by atoms with Crippen LogP contribution < -0.4 is 4.74 Å². The van der Waals surface area contributed by atoms with E-state index in [1.807, 2.05) is 19.1 Å². The minimum absolute atomic E-state index is 0.595. The molecule has 0 bridgehead atoms. The van der Waals surface area contributed by atoms with Crippen molar-refractivity contribution in [1.82, 2.24) is 0 Å². The van der Waals surface area contributed by atoms with Gasteiger partial charge in [0.1, 0.15) is 12.0 Å². The average molecular weight is 225 g/mol. The maximum Gasteiger partial charge on any atom is 0.142 e. The number of benzene rings is 1.